The number of carbonyl (C=O) groups is 3. The van der Waals surface area contributed by atoms with Gasteiger partial charge < -0.3 is 30.5 Å². The molecular formula is C23H29N3O6S. The Balaban J connectivity index is 1.66. The number of ether oxygens (including phenoxy) is 2. The van der Waals surface area contributed by atoms with E-state index in [1.807, 2.05) is 0 Å². The summed E-state index contributed by atoms with van der Waals surface area (Å²) in [6, 6.07) is 6.71. The van der Waals surface area contributed by atoms with E-state index in [2.05, 4.69) is 16.0 Å². The van der Waals surface area contributed by atoms with Crippen LogP contribution < -0.4 is 16.0 Å². The zero-order chi connectivity index (χ0) is 23.6. The number of nitrogens with one attached hydrogen (secondary N) is 3. The molecule has 10 heteroatoms. The Morgan fingerprint density at radius 1 is 1.12 bits per heavy atom. The van der Waals surface area contributed by atoms with Gasteiger partial charge in [0.1, 0.15) is 5.00 Å². The Morgan fingerprint density at radius 2 is 1.91 bits per heavy atom. The second-order valence-corrected chi connectivity index (χ2v) is 8.59. The predicted molar refractivity (Wildman–Crippen MR) is 126 cm³/mol. The number of para-hydroxylation sites is 1. The fourth-order valence-electron chi connectivity index (χ4n) is 3.63. The largest absolute Gasteiger partial charge is 0.452 e. The number of aryl methyl sites for hydroxylation is 1. The number of esters is 1. The SMILES string of the molecule is COCCNC(=O)c1c(NC(=O)COC(=O)c2ccccc2NCCO)sc2c1CCCC2. The van der Waals surface area contributed by atoms with Crippen molar-refractivity contribution in [3.8, 4) is 0 Å². The van der Waals surface area contributed by atoms with Crippen molar-refractivity contribution in [3.05, 3.63) is 45.8 Å². The van der Waals surface area contributed by atoms with Crippen LogP contribution in [0, 0.1) is 0 Å². The average molecular weight is 476 g/mol. The second-order valence-electron chi connectivity index (χ2n) is 7.48. The number of aliphatic hydroxyl groups excluding tert-OH is 1. The van der Waals surface area contributed by atoms with E-state index in [1.165, 1.54) is 11.3 Å². The topological polar surface area (TPSA) is 126 Å². The van der Waals surface area contributed by atoms with E-state index < -0.39 is 18.5 Å². The molecule has 1 aromatic carbocycles. The molecule has 33 heavy (non-hydrogen) atoms. The van der Waals surface area contributed by atoms with Gasteiger partial charge in [-0.05, 0) is 43.4 Å². The molecule has 0 aliphatic heterocycles. The molecule has 9 nitrogen and oxygen atoms in total. The van der Waals surface area contributed by atoms with E-state index in [1.54, 1.807) is 31.4 Å². The minimum atomic E-state index is -0.658. The maximum absolute atomic E-state index is 12.8. The molecule has 0 saturated carbocycles. The molecule has 1 heterocycles. The van der Waals surface area contributed by atoms with Gasteiger partial charge in [-0.15, -0.1) is 11.3 Å². The third-order valence-electron chi connectivity index (χ3n) is 5.15. The number of benzene rings is 1. The highest BCUT2D eigenvalue weighted by atomic mass is 32.1. The lowest BCUT2D eigenvalue weighted by molar-refractivity contribution is -0.119. The van der Waals surface area contributed by atoms with Gasteiger partial charge in [-0.25, -0.2) is 4.79 Å². The lowest BCUT2D eigenvalue weighted by atomic mass is 9.95. The van der Waals surface area contributed by atoms with Gasteiger partial charge in [-0.3, -0.25) is 9.59 Å². The molecule has 0 bridgehead atoms. The van der Waals surface area contributed by atoms with Crippen LogP contribution in [-0.4, -0.2) is 62.9 Å². The van der Waals surface area contributed by atoms with Gasteiger partial charge in [0, 0.05) is 30.8 Å². The number of amides is 2. The molecule has 0 unspecified atom stereocenters. The van der Waals surface area contributed by atoms with E-state index in [0.717, 1.165) is 36.1 Å². The Hall–Kier alpha value is -2.95. The minimum Gasteiger partial charge on any atom is -0.452 e. The van der Waals surface area contributed by atoms with Crippen molar-refractivity contribution in [2.45, 2.75) is 25.7 Å². The van der Waals surface area contributed by atoms with E-state index in [0.29, 0.717) is 29.4 Å². The number of anilines is 2. The fourth-order valence-corrected chi connectivity index (χ4v) is 4.93. The summed E-state index contributed by atoms with van der Waals surface area (Å²) in [6.45, 7) is 0.473. The normalized spacial score (nSPS) is 12.5. The lowest BCUT2D eigenvalue weighted by Gasteiger charge is -2.13. The van der Waals surface area contributed by atoms with Crippen molar-refractivity contribution in [2.24, 2.45) is 0 Å². The maximum atomic E-state index is 12.8. The molecule has 0 radical (unpaired) electrons. The third kappa shape index (κ3) is 6.53. The van der Waals surface area contributed by atoms with Crippen LogP contribution in [0.15, 0.2) is 24.3 Å². The van der Waals surface area contributed by atoms with Crippen LogP contribution in [0.5, 0.6) is 0 Å². The Bertz CT molecular complexity index is 991. The zero-order valence-corrected chi connectivity index (χ0v) is 19.4. The molecule has 1 aliphatic carbocycles. The van der Waals surface area contributed by atoms with Crippen LogP contribution in [0.1, 0.15) is 44.0 Å². The smallest absolute Gasteiger partial charge is 0.340 e. The van der Waals surface area contributed by atoms with Crippen molar-refractivity contribution >= 4 is 39.8 Å². The van der Waals surface area contributed by atoms with Crippen molar-refractivity contribution in [3.63, 3.8) is 0 Å². The van der Waals surface area contributed by atoms with E-state index in [9.17, 15) is 14.4 Å². The summed E-state index contributed by atoms with van der Waals surface area (Å²) in [5, 5.41) is 18.0. The van der Waals surface area contributed by atoms with Crippen LogP contribution in [0.2, 0.25) is 0 Å². The summed E-state index contributed by atoms with van der Waals surface area (Å²) in [5.74, 6) is -1.43. The number of aliphatic hydroxyl groups is 1. The van der Waals surface area contributed by atoms with E-state index >= 15 is 0 Å². The average Bonchev–Trinajstić information content (AvgIpc) is 3.19. The summed E-state index contributed by atoms with van der Waals surface area (Å²) < 4.78 is 10.2. The highest BCUT2D eigenvalue weighted by Crippen LogP contribution is 2.38. The van der Waals surface area contributed by atoms with Gasteiger partial charge in [-0.2, -0.15) is 0 Å². The Labute approximate surface area is 196 Å². The standard InChI is InChI=1S/C23H29N3O6S/c1-31-13-11-25-21(29)20-16-7-3-5-9-18(16)33-22(20)26-19(28)14-32-23(30)15-6-2-4-8-17(15)24-10-12-27/h2,4,6,8,24,27H,3,5,7,9-14H2,1H3,(H,25,29)(H,26,28). The molecule has 0 spiro atoms. The molecule has 0 fully saturated rings. The molecule has 178 valence electrons. The molecule has 0 atom stereocenters. The number of hydrogen-bond acceptors (Lipinski definition) is 8. The van der Waals surface area contributed by atoms with Crippen LogP contribution in [-0.2, 0) is 27.1 Å². The van der Waals surface area contributed by atoms with Crippen LogP contribution in [0.4, 0.5) is 10.7 Å². The van der Waals surface area contributed by atoms with Gasteiger partial charge in [0.05, 0.1) is 24.3 Å². The summed E-state index contributed by atoms with van der Waals surface area (Å²) in [4.78, 5) is 39.0. The van der Waals surface area contributed by atoms with E-state index in [-0.39, 0.29) is 24.6 Å². The molecule has 1 aliphatic rings. The number of hydrogen-bond donors (Lipinski definition) is 4. The Morgan fingerprint density at radius 3 is 2.70 bits per heavy atom. The van der Waals surface area contributed by atoms with E-state index in [4.69, 9.17) is 14.6 Å². The van der Waals surface area contributed by atoms with Gasteiger partial charge in [0.25, 0.3) is 11.8 Å². The third-order valence-corrected chi connectivity index (χ3v) is 6.36. The molecule has 3 rings (SSSR count). The lowest BCUT2D eigenvalue weighted by Crippen LogP contribution is -2.29. The zero-order valence-electron chi connectivity index (χ0n) is 18.6. The van der Waals surface area contributed by atoms with Crippen LogP contribution in [0.25, 0.3) is 0 Å². The molecule has 1 aromatic heterocycles. The first-order valence-corrected chi connectivity index (χ1v) is 11.7. The molecule has 0 saturated heterocycles. The monoisotopic (exact) mass is 475 g/mol. The number of methoxy groups -OCH3 is 1. The van der Waals surface area contributed by atoms with Crippen molar-refractivity contribution in [1.82, 2.24) is 5.32 Å². The number of thiophene rings is 1. The molecular weight excluding hydrogens is 446 g/mol. The van der Waals surface area contributed by atoms with Crippen molar-refractivity contribution in [1.29, 1.82) is 0 Å². The first-order chi connectivity index (χ1) is 16.0. The summed E-state index contributed by atoms with van der Waals surface area (Å²) in [6.07, 6.45) is 3.71. The first-order valence-electron chi connectivity index (χ1n) is 10.9. The van der Waals surface area contributed by atoms with Gasteiger partial charge in [0.15, 0.2) is 6.61 Å². The maximum Gasteiger partial charge on any atom is 0.340 e. The summed E-state index contributed by atoms with van der Waals surface area (Å²) >= 11 is 1.40. The number of rotatable bonds is 11. The summed E-state index contributed by atoms with van der Waals surface area (Å²) in [7, 11) is 1.56. The Kier molecular flexibility index (Phi) is 9.23. The van der Waals surface area contributed by atoms with Gasteiger partial charge in [0.2, 0.25) is 0 Å². The van der Waals surface area contributed by atoms with Crippen LogP contribution in [0.3, 0.4) is 0 Å². The summed E-state index contributed by atoms with van der Waals surface area (Å²) in [5.41, 5.74) is 2.25. The van der Waals surface area contributed by atoms with Crippen molar-refractivity contribution in [2.75, 3.05) is 50.7 Å². The van der Waals surface area contributed by atoms with Crippen molar-refractivity contribution < 1.29 is 29.0 Å². The predicted octanol–water partition coefficient (Wildman–Crippen LogP) is 2.20. The minimum absolute atomic E-state index is 0.0854. The quantitative estimate of drug-likeness (QED) is 0.290. The van der Waals surface area contributed by atoms with Gasteiger partial charge >= 0.3 is 5.97 Å². The highest BCUT2D eigenvalue weighted by molar-refractivity contribution is 7.17. The van der Waals surface area contributed by atoms with Gasteiger partial charge in [-0.1, -0.05) is 12.1 Å². The molecule has 4 N–H and O–H groups in total. The number of carbonyl (C=O) groups excluding carboxylic acids is 3. The second kappa shape index (κ2) is 12.3. The molecule has 2 aromatic rings. The first kappa shape index (κ1) is 24.7. The fraction of sp³-hybridized carbons (Fsp3) is 0.435. The van der Waals surface area contributed by atoms with Crippen LogP contribution >= 0.6 is 11.3 Å². The number of fused-ring (bicyclic) bond motifs is 1. The highest BCUT2D eigenvalue weighted by Gasteiger charge is 2.26. The molecule has 2 amide bonds.